The molecule has 88 valence electrons. The lowest BCUT2D eigenvalue weighted by molar-refractivity contribution is 0.0614. The molecule has 1 unspecified atom stereocenters. The minimum absolute atomic E-state index is 0.0802. The van der Waals surface area contributed by atoms with Gasteiger partial charge in [-0.15, -0.1) is 11.3 Å². The number of nitrogens with one attached hydrogen (secondary N) is 1. The first-order valence-electron chi connectivity index (χ1n) is 5.24. The van der Waals surface area contributed by atoms with Gasteiger partial charge in [-0.25, -0.2) is 0 Å². The van der Waals surface area contributed by atoms with Gasteiger partial charge in [0.2, 0.25) is 0 Å². The number of hydrogen-bond acceptors (Lipinski definition) is 4. The molecule has 2 rings (SSSR count). The molecule has 0 aliphatic carbocycles. The minimum atomic E-state index is -0.702. The Bertz CT molecular complexity index is 383. The van der Waals surface area contributed by atoms with Crippen LogP contribution in [-0.2, 0) is 0 Å². The molecule has 2 heterocycles. The van der Waals surface area contributed by atoms with Crippen molar-refractivity contribution < 1.29 is 9.90 Å². The summed E-state index contributed by atoms with van der Waals surface area (Å²) < 4.78 is 0. The highest BCUT2D eigenvalue weighted by molar-refractivity contribution is 7.99. The second-order valence-electron chi connectivity index (χ2n) is 4.12. The highest BCUT2D eigenvalue weighted by Crippen LogP contribution is 2.27. The van der Waals surface area contributed by atoms with E-state index in [9.17, 15) is 9.90 Å². The van der Waals surface area contributed by atoms with Gasteiger partial charge >= 0.3 is 0 Å². The Hall–Kier alpha value is -0.520. The van der Waals surface area contributed by atoms with Crippen LogP contribution in [0.25, 0.3) is 0 Å². The molecule has 1 aliphatic heterocycles. The third-order valence-electron chi connectivity index (χ3n) is 2.62. The summed E-state index contributed by atoms with van der Waals surface area (Å²) in [7, 11) is 0. The Labute approximate surface area is 103 Å². The monoisotopic (exact) mass is 257 g/mol. The fraction of sp³-hybridized carbons (Fsp3) is 0.545. The molecule has 1 saturated heterocycles. The Morgan fingerprint density at radius 1 is 1.62 bits per heavy atom. The van der Waals surface area contributed by atoms with E-state index in [1.807, 2.05) is 19.1 Å². The first-order valence-corrected chi connectivity index (χ1v) is 7.21. The molecule has 1 fully saturated rings. The van der Waals surface area contributed by atoms with E-state index < -0.39 is 5.60 Å². The van der Waals surface area contributed by atoms with E-state index in [-0.39, 0.29) is 5.91 Å². The summed E-state index contributed by atoms with van der Waals surface area (Å²) in [6.07, 6.45) is 0.765. The second kappa shape index (κ2) is 4.77. The molecule has 0 bridgehead atoms. The van der Waals surface area contributed by atoms with Crippen LogP contribution in [-0.4, -0.2) is 34.7 Å². The zero-order valence-corrected chi connectivity index (χ0v) is 10.8. The molecule has 0 radical (unpaired) electrons. The van der Waals surface area contributed by atoms with Crippen molar-refractivity contribution in [1.82, 2.24) is 5.32 Å². The predicted molar refractivity (Wildman–Crippen MR) is 68.3 cm³/mol. The van der Waals surface area contributed by atoms with Crippen LogP contribution in [0.2, 0.25) is 0 Å². The van der Waals surface area contributed by atoms with E-state index in [0.717, 1.165) is 22.8 Å². The standard InChI is InChI=1S/C11H15NO2S2/c1-8-2-3-9(16-8)10(13)12-6-11(14)4-5-15-7-11/h2-3,14H,4-7H2,1H3,(H,12,13). The zero-order valence-electron chi connectivity index (χ0n) is 9.16. The van der Waals surface area contributed by atoms with Gasteiger partial charge in [-0.1, -0.05) is 0 Å². The van der Waals surface area contributed by atoms with E-state index in [1.165, 1.54) is 11.3 Å². The summed E-state index contributed by atoms with van der Waals surface area (Å²) in [5.74, 6) is 1.62. The van der Waals surface area contributed by atoms with E-state index in [4.69, 9.17) is 0 Å². The number of amides is 1. The van der Waals surface area contributed by atoms with Gasteiger partial charge < -0.3 is 10.4 Å². The maximum Gasteiger partial charge on any atom is 0.261 e. The normalized spacial score (nSPS) is 24.6. The molecular weight excluding hydrogens is 242 g/mol. The van der Waals surface area contributed by atoms with Crippen LogP contribution >= 0.6 is 23.1 Å². The van der Waals surface area contributed by atoms with Crippen molar-refractivity contribution in [3.05, 3.63) is 21.9 Å². The van der Waals surface area contributed by atoms with Gasteiger partial charge in [0, 0.05) is 17.2 Å². The van der Waals surface area contributed by atoms with Gasteiger partial charge in [0.15, 0.2) is 0 Å². The van der Waals surface area contributed by atoms with Crippen molar-refractivity contribution >= 4 is 29.0 Å². The van der Waals surface area contributed by atoms with Gasteiger partial charge in [-0.3, -0.25) is 4.79 Å². The van der Waals surface area contributed by atoms with Crippen LogP contribution < -0.4 is 5.32 Å². The summed E-state index contributed by atoms with van der Waals surface area (Å²) in [5.41, 5.74) is -0.702. The summed E-state index contributed by atoms with van der Waals surface area (Å²) in [5, 5.41) is 12.9. The van der Waals surface area contributed by atoms with Gasteiger partial charge in [0.05, 0.1) is 10.5 Å². The summed E-state index contributed by atoms with van der Waals surface area (Å²) >= 11 is 3.21. The Morgan fingerprint density at radius 2 is 2.44 bits per heavy atom. The van der Waals surface area contributed by atoms with Crippen LogP contribution in [0.5, 0.6) is 0 Å². The van der Waals surface area contributed by atoms with E-state index >= 15 is 0 Å². The molecule has 1 amide bonds. The van der Waals surface area contributed by atoms with E-state index in [2.05, 4.69) is 5.32 Å². The van der Waals surface area contributed by atoms with Crippen molar-refractivity contribution in [2.24, 2.45) is 0 Å². The van der Waals surface area contributed by atoms with Gasteiger partial charge in [-0.05, 0) is 31.2 Å². The maximum absolute atomic E-state index is 11.7. The zero-order chi connectivity index (χ0) is 11.6. The largest absolute Gasteiger partial charge is 0.387 e. The highest BCUT2D eigenvalue weighted by atomic mass is 32.2. The quantitative estimate of drug-likeness (QED) is 0.865. The number of rotatable bonds is 3. The van der Waals surface area contributed by atoms with Crippen LogP contribution in [0.4, 0.5) is 0 Å². The first-order chi connectivity index (χ1) is 7.59. The lowest BCUT2D eigenvalue weighted by Gasteiger charge is -2.21. The number of hydrogen-bond donors (Lipinski definition) is 2. The molecule has 1 atom stereocenters. The summed E-state index contributed by atoms with van der Waals surface area (Å²) in [6, 6.07) is 3.75. The maximum atomic E-state index is 11.7. The van der Waals surface area contributed by atoms with Crippen molar-refractivity contribution in [1.29, 1.82) is 0 Å². The topological polar surface area (TPSA) is 49.3 Å². The molecule has 1 aliphatic rings. The van der Waals surface area contributed by atoms with Crippen LogP contribution in [0.15, 0.2) is 12.1 Å². The summed E-state index contributed by atoms with van der Waals surface area (Å²) in [6.45, 7) is 2.33. The van der Waals surface area contributed by atoms with Crippen LogP contribution in [0.3, 0.4) is 0 Å². The number of aryl methyl sites for hydroxylation is 1. The van der Waals surface area contributed by atoms with Gasteiger partial charge in [0.25, 0.3) is 5.91 Å². The lowest BCUT2D eigenvalue weighted by atomic mass is 10.0. The lowest BCUT2D eigenvalue weighted by Crippen LogP contribution is -2.42. The van der Waals surface area contributed by atoms with Crippen molar-refractivity contribution in [3.8, 4) is 0 Å². The molecule has 2 N–H and O–H groups in total. The van der Waals surface area contributed by atoms with Crippen molar-refractivity contribution in [3.63, 3.8) is 0 Å². The molecule has 0 spiro atoms. The third kappa shape index (κ3) is 2.78. The molecular formula is C11H15NO2S2. The fourth-order valence-corrected chi connectivity index (χ4v) is 3.70. The number of carbonyl (C=O) groups is 1. The molecule has 5 heteroatoms. The minimum Gasteiger partial charge on any atom is -0.387 e. The summed E-state index contributed by atoms with van der Waals surface area (Å²) in [4.78, 5) is 13.6. The third-order valence-corrected chi connectivity index (χ3v) is 4.86. The fourth-order valence-electron chi connectivity index (χ4n) is 1.62. The number of thiophene rings is 1. The molecule has 0 aromatic carbocycles. The average molecular weight is 257 g/mol. The number of carbonyl (C=O) groups excluding carboxylic acids is 1. The second-order valence-corrected chi connectivity index (χ2v) is 6.51. The van der Waals surface area contributed by atoms with Crippen LogP contribution in [0.1, 0.15) is 21.0 Å². The predicted octanol–water partition coefficient (Wildman–Crippen LogP) is 1.65. The van der Waals surface area contributed by atoms with Crippen molar-refractivity contribution in [2.45, 2.75) is 18.9 Å². The Morgan fingerprint density at radius 3 is 3.00 bits per heavy atom. The molecule has 16 heavy (non-hydrogen) atoms. The smallest absolute Gasteiger partial charge is 0.261 e. The van der Waals surface area contributed by atoms with Gasteiger partial charge in [-0.2, -0.15) is 11.8 Å². The Kier molecular flexibility index (Phi) is 3.56. The number of thioether (sulfide) groups is 1. The van der Waals surface area contributed by atoms with E-state index in [1.54, 1.807) is 11.8 Å². The highest BCUT2D eigenvalue weighted by Gasteiger charge is 2.32. The van der Waals surface area contributed by atoms with Crippen LogP contribution in [0, 0.1) is 6.92 Å². The molecule has 0 saturated carbocycles. The first kappa shape index (κ1) is 12.0. The average Bonchev–Trinajstić information content (AvgIpc) is 2.85. The van der Waals surface area contributed by atoms with Crippen molar-refractivity contribution in [2.75, 3.05) is 18.1 Å². The molecule has 3 nitrogen and oxygen atoms in total. The SMILES string of the molecule is Cc1ccc(C(=O)NCC2(O)CCSC2)s1. The molecule has 1 aromatic heterocycles. The Balaban J connectivity index is 1.88. The van der Waals surface area contributed by atoms with Gasteiger partial charge in [0.1, 0.15) is 0 Å². The molecule has 1 aromatic rings. The number of aliphatic hydroxyl groups is 1. The van der Waals surface area contributed by atoms with E-state index in [0.29, 0.717) is 11.4 Å².